The van der Waals surface area contributed by atoms with Crippen molar-refractivity contribution < 1.29 is 9.90 Å². The minimum atomic E-state index is -0.953. The van der Waals surface area contributed by atoms with Crippen molar-refractivity contribution in [3.05, 3.63) is 59.4 Å². The maximum Gasteiger partial charge on any atom is 0.335 e. The van der Waals surface area contributed by atoms with Gasteiger partial charge in [-0.05, 0) is 30.7 Å². The number of nitrogens with zero attached hydrogens (tertiary/aromatic N) is 2. The standard InChI is InChI=1S/C17H20N4O2/c1-12-5-3-4-6-15(12)21-16(18-2)11-19-10-14-9-13(17(22)23)7-8-20-14/h3-9,19H,10-11H2,1-2H3,(H,18,21)(H,22,23). The van der Waals surface area contributed by atoms with E-state index in [4.69, 9.17) is 5.11 Å². The number of hydrogen-bond acceptors (Lipinski definition) is 4. The minimum Gasteiger partial charge on any atom is -0.478 e. The Bertz CT molecular complexity index is 713. The van der Waals surface area contributed by atoms with Gasteiger partial charge in [0.1, 0.15) is 5.84 Å². The van der Waals surface area contributed by atoms with Crippen molar-refractivity contribution in [2.75, 3.05) is 13.6 Å². The second-order valence-electron chi connectivity index (χ2n) is 5.04. The first kappa shape index (κ1) is 16.6. The molecule has 0 aliphatic heterocycles. The number of carboxylic acids is 1. The van der Waals surface area contributed by atoms with Crippen molar-refractivity contribution in [2.24, 2.45) is 4.99 Å². The molecule has 0 aliphatic rings. The predicted molar refractivity (Wildman–Crippen MR) is 90.2 cm³/mol. The zero-order valence-corrected chi connectivity index (χ0v) is 13.2. The van der Waals surface area contributed by atoms with Crippen LogP contribution in [0, 0.1) is 6.92 Å². The summed E-state index contributed by atoms with van der Waals surface area (Å²) in [5.41, 5.74) is 2.94. The molecule has 0 atom stereocenters. The van der Waals surface area contributed by atoms with E-state index in [0.29, 0.717) is 18.8 Å². The van der Waals surface area contributed by atoms with Gasteiger partial charge in [-0.25, -0.2) is 9.79 Å². The summed E-state index contributed by atoms with van der Waals surface area (Å²) in [5.74, 6) is -0.153. The van der Waals surface area contributed by atoms with Crippen LogP contribution in [0.25, 0.3) is 0 Å². The van der Waals surface area contributed by atoms with E-state index in [2.05, 4.69) is 20.6 Å². The van der Waals surface area contributed by atoms with Gasteiger partial charge in [-0.2, -0.15) is 0 Å². The van der Waals surface area contributed by atoms with Crippen LogP contribution in [0.3, 0.4) is 0 Å². The number of carboxylic acid groups (broad SMARTS) is 1. The Balaban J connectivity index is 1.97. The number of benzene rings is 1. The molecule has 0 saturated heterocycles. The summed E-state index contributed by atoms with van der Waals surface area (Å²) < 4.78 is 0. The highest BCUT2D eigenvalue weighted by molar-refractivity contribution is 5.87. The van der Waals surface area contributed by atoms with Gasteiger partial charge in [0.05, 0.1) is 23.5 Å². The van der Waals surface area contributed by atoms with Gasteiger partial charge < -0.3 is 15.7 Å². The Morgan fingerprint density at radius 2 is 2.09 bits per heavy atom. The van der Waals surface area contributed by atoms with Crippen LogP contribution in [0.4, 0.5) is 5.69 Å². The molecule has 0 unspecified atom stereocenters. The van der Waals surface area contributed by atoms with Crippen LogP contribution in [0.15, 0.2) is 47.6 Å². The number of aromatic carboxylic acids is 1. The zero-order chi connectivity index (χ0) is 16.7. The number of aliphatic imine (C=N–C) groups is 1. The third-order valence-electron chi connectivity index (χ3n) is 3.32. The summed E-state index contributed by atoms with van der Waals surface area (Å²) in [5, 5.41) is 15.3. The number of aromatic nitrogens is 1. The molecular formula is C17H20N4O2. The third kappa shape index (κ3) is 4.89. The molecule has 6 nitrogen and oxygen atoms in total. The highest BCUT2D eigenvalue weighted by Gasteiger charge is 2.05. The number of rotatable bonds is 6. The van der Waals surface area contributed by atoms with E-state index in [9.17, 15) is 4.79 Å². The van der Waals surface area contributed by atoms with Crippen LogP contribution < -0.4 is 10.6 Å². The predicted octanol–water partition coefficient (Wildman–Crippen LogP) is 2.13. The quantitative estimate of drug-likeness (QED) is 0.562. The molecule has 0 bridgehead atoms. The van der Waals surface area contributed by atoms with Gasteiger partial charge in [-0.1, -0.05) is 18.2 Å². The Morgan fingerprint density at radius 3 is 2.78 bits per heavy atom. The third-order valence-corrected chi connectivity index (χ3v) is 3.32. The first-order valence-corrected chi connectivity index (χ1v) is 7.30. The SMILES string of the molecule is CN/C(CNCc1cc(C(=O)O)ccn1)=N\c1ccccc1C. The topological polar surface area (TPSA) is 86.6 Å². The highest BCUT2D eigenvalue weighted by atomic mass is 16.4. The van der Waals surface area contributed by atoms with Crippen LogP contribution in [-0.2, 0) is 6.54 Å². The average molecular weight is 312 g/mol. The molecule has 0 radical (unpaired) electrons. The number of carbonyl (C=O) groups is 1. The monoisotopic (exact) mass is 312 g/mol. The Morgan fingerprint density at radius 1 is 1.30 bits per heavy atom. The van der Waals surface area contributed by atoms with Crippen LogP contribution in [0.2, 0.25) is 0 Å². The van der Waals surface area contributed by atoms with Gasteiger partial charge >= 0.3 is 5.97 Å². The Hall–Kier alpha value is -2.73. The zero-order valence-electron chi connectivity index (χ0n) is 13.2. The van der Waals surface area contributed by atoms with Gasteiger partial charge in [0.25, 0.3) is 0 Å². The molecule has 23 heavy (non-hydrogen) atoms. The minimum absolute atomic E-state index is 0.235. The lowest BCUT2D eigenvalue weighted by atomic mass is 10.2. The molecule has 0 saturated carbocycles. The summed E-state index contributed by atoms with van der Waals surface area (Å²) in [6, 6.07) is 10.9. The van der Waals surface area contributed by atoms with Crippen molar-refractivity contribution in [1.82, 2.24) is 15.6 Å². The second kappa shape index (κ2) is 8.05. The maximum absolute atomic E-state index is 10.9. The number of aryl methyl sites for hydroxylation is 1. The molecule has 2 aromatic rings. The van der Waals surface area contributed by atoms with Crippen molar-refractivity contribution in [3.63, 3.8) is 0 Å². The van der Waals surface area contributed by atoms with E-state index in [1.165, 1.54) is 12.3 Å². The number of likely N-dealkylation sites (N-methyl/N-ethyl adjacent to an activating group) is 1. The molecule has 0 amide bonds. The van der Waals surface area contributed by atoms with Crippen molar-refractivity contribution in [2.45, 2.75) is 13.5 Å². The van der Waals surface area contributed by atoms with Crippen molar-refractivity contribution in [3.8, 4) is 0 Å². The molecule has 3 N–H and O–H groups in total. The summed E-state index contributed by atoms with van der Waals surface area (Å²) in [7, 11) is 1.82. The van der Waals surface area contributed by atoms with Gasteiger partial charge in [0.15, 0.2) is 0 Å². The van der Waals surface area contributed by atoms with E-state index in [1.54, 1.807) is 6.07 Å². The van der Waals surface area contributed by atoms with Gasteiger partial charge in [0, 0.05) is 19.8 Å². The molecule has 0 spiro atoms. The Labute approximate surface area is 135 Å². The fraction of sp³-hybridized carbons (Fsp3) is 0.235. The number of para-hydroxylation sites is 1. The molecule has 1 aromatic carbocycles. The number of nitrogens with one attached hydrogen (secondary N) is 2. The maximum atomic E-state index is 10.9. The van der Waals surface area contributed by atoms with Crippen molar-refractivity contribution >= 4 is 17.5 Å². The summed E-state index contributed by atoms with van der Waals surface area (Å²) in [4.78, 5) is 19.7. The lowest BCUT2D eigenvalue weighted by molar-refractivity contribution is 0.0696. The van der Waals surface area contributed by atoms with Gasteiger partial charge in [-0.3, -0.25) is 4.98 Å². The molecule has 1 aromatic heterocycles. The van der Waals surface area contributed by atoms with E-state index >= 15 is 0 Å². The fourth-order valence-corrected chi connectivity index (χ4v) is 2.03. The van der Waals surface area contributed by atoms with E-state index < -0.39 is 5.97 Å². The summed E-state index contributed by atoms with van der Waals surface area (Å²) >= 11 is 0. The molecule has 1 heterocycles. The van der Waals surface area contributed by atoms with Gasteiger partial charge in [-0.15, -0.1) is 0 Å². The number of hydrogen-bond donors (Lipinski definition) is 3. The second-order valence-corrected chi connectivity index (χ2v) is 5.04. The largest absolute Gasteiger partial charge is 0.478 e. The first-order chi connectivity index (χ1) is 11.1. The number of pyridine rings is 1. The van der Waals surface area contributed by atoms with Crippen LogP contribution >= 0.6 is 0 Å². The number of amidine groups is 1. The van der Waals surface area contributed by atoms with Crippen molar-refractivity contribution in [1.29, 1.82) is 0 Å². The lowest BCUT2D eigenvalue weighted by Gasteiger charge is -2.09. The molecule has 120 valence electrons. The highest BCUT2D eigenvalue weighted by Crippen LogP contribution is 2.16. The molecule has 0 fully saturated rings. The molecule has 0 aliphatic carbocycles. The average Bonchev–Trinajstić information content (AvgIpc) is 2.56. The van der Waals surface area contributed by atoms with E-state index in [-0.39, 0.29) is 5.56 Å². The molecular weight excluding hydrogens is 292 g/mol. The summed E-state index contributed by atoms with van der Waals surface area (Å²) in [6.07, 6.45) is 1.50. The van der Waals surface area contributed by atoms with Gasteiger partial charge in [0.2, 0.25) is 0 Å². The smallest absolute Gasteiger partial charge is 0.335 e. The Kier molecular flexibility index (Phi) is 5.82. The molecule has 2 rings (SSSR count). The van der Waals surface area contributed by atoms with Crippen LogP contribution in [0.1, 0.15) is 21.6 Å². The summed E-state index contributed by atoms with van der Waals surface area (Å²) in [6.45, 7) is 3.01. The fourth-order valence-electron chi connectivity index (χ4n) is 2.03. The normalized spacial score (nSPS) is 11.3. The first-order valence-electron chi connectivity index (χ1n) is 7.30. The van der Waals surface area contributed by atoms with Crippen LogP contribution in [0.5, 0.6) is 0 Å². The van der Waals surface area contributed by atoms with Crippen LogP contribution in [-0.4, -0.2) is 35.5 Å². The van der Waals surface area contributed by atoms with E-state index in [1.807, 2.05) is 38.2 Å². The molecule has 6 heteroatoms. The van der Waals surface area contributed by atoms with E-state index in [0.717, 1.165) is 17.1 Å². The lowest BCUT2D eigenvalue weighted by Crippen LogP contribution is -2.31.